The summed E-state index contributed by atoms with van der Waals surface area (Å²) in [6, 6.07) is 15.9. The van der Waals surface area contributed by atoms with Gasteiger partial charge in [-0.1, -0.05) is 80.9 Å². The van der Waals surface area contributed by atoms with E-state index in [1.807, 2.05) is 74.5 Å². The van der Waals surface area contributed by atoms with Crippen LogP contribution >= 0.6 is 0 Å². The van der Waals surface area contributed by atoms with Crippen molar-refractivity contribution in [2.24, 2.45) is 23.3 Å². The predicted octanol–water partition coefficient (Wildman–Crippen LogP) is 2.20. The molecule has 0 unspecified atom stereocenters. The topological polar surface area (TPSA) is 209 Å². The predicted molar refractivity (Wildman–Crippen MR) is 201 cm³/mol. The summed E-state index contributed by atoms with van der Waals surface area (Å²) < 4.78 is 0. The van der Waals surface area contributed by atoms with Gasteiger partial charge in [0.2, 0.25) is 11.8 Å². The number of Topliss-reactive ketones (excluding diaryl/α,β-unsaturated/α-hetero) is 1. The first kappa shape index (κ1) is 40.9. The van der Waals surface area contributed by atoms with Crippen molar-refractivity contribution < 1.29 is 28.8 Å². The largest absolute Gasteiger partial charge is 0.344 e. The number of hydrogen-bond donors (Lipinski definition) is 6. The third-order valence-corrected chi connectivity index (χ3v) is 9.96. The minimum Gasteiger partial charge on any atom is -0.344 e. The van der Waals surface area contributed by atoms with E-state index in [0.717, 1.165) is 11.1 Å². The highest BCUT2D eigenvalue weighted by atomic mass is 16.2. The summed E-state index contributed by atoms with van der Waals surface area (Å²) in [5.74, 6) is -1.97. The first-order valence-corrected chi connectivity index (χ1v) is 18.7. The summed E-state index contributed by atoms with van der Waals surface area (Å²) in [4.78, 5) is 83.3. The zero-order chi connectivity index (χ0) is 38.4. The number of carbonyl (C=O) groups is 6. The molecule has 0 saturated carbocycles. The van der Waals surface area contributed by atoms with Gasteiger partial charge < -0.3 is 37.2 Å². The molecule has 2 fully saturated rings. The Labute approximate surface area is 312 Å². The van der Waals surface area contributed by atoms with Gasteiger partial charge in [-0.15, -0.1) is 0 Å². The fourth-order valence-corrected chi connectivity index (χ4v) is 7.01. The van der Waals surface area contributed by atoms with Crippen molar-refractivity contribution in [2.75, 3.05) is 32.7 Å². The van der Waals surface area contributed by atoms with Gasteiger partial charge in [0.1, 0.15) is 11.6 Å². The number of nitrogens with zero attached hydrogens (tertiary/aromatic N) is 2. The van der Waals surface area contributed by atoms with Crippen molar-refractivity contribution in [3.05, 3.63) is 71.8 Å². The molecule has 3 atom stereocenters. The smallest absolute Gasteiger partial charge is 0.322 e. The van der Waals surface area contributed by atoms with Gasteiger partial charge >= 0.3 is 12.1 Å². The lowest BCUT2D eigenvalue weighted by molar-refractivity contribution is -0.141. The molecule has 7 amide bonds. The van der Waals surface area contributed by atoms with Crippen LogP contribution in [0.4, 0.5) is 9.59 Å². The highest BCUT2D eigenvalue weighted by Crippen LogP contribution is 2.28. The maximum atomic E-state index is 14.1. The molecule has 4 rings (SSSR count). The summed E-state index contributed by atoms with van der Waals surface area (Å²) in [5.41, 5.74) is 12.3. The van der Waals surface area contributed by atoms with Crippen LogP contribution in [0.15, 0.2) is 60.7 Å². The van der Waals surface area contributed by atoms with E-state index in [-0.39, 0.29) is 75.4 Å². The molecule has 0 radical (unpaired) electrons. The monoisotopic (exact) mass is 732 g/mol. The molecule has 0 aliphatic carbocycles. The molecule has 14 nitrogen and oxygen atoms in total. The minimum atomic E-state index is -1.03. The lowest BCUT2D eigenvalue weighted by Gasteiger charge is -2.38. The normalized spacial score (nSPS) is 16.7. The Bertz CT molecular complexity index is 1550. The van der Waals surface area contributed by atoms with Gasteiger partial charge in [-0.2, -0.15) is 0 Å². The Morgan fingerprint density at radius 2 is 1.51 bits per heavy atom. The Morgan fingerprint density at radius 1 is 0.868 bits per heavy atom. The highest BCUT2D eigenvalue weighted by molar-refractivity contribution is 6.07. The highest BCUT2D eigenvalue weighted by Gasteiger charge is 2.49. The number of piperidine rings is 1. The van der Waals surface area contributed by atoms with Crippen LogP contribution in [-0.2, 0) is 32.1 Å². The standard InChI is InChI=1S/C39H56N8O6/c1-27(2)23-31(33(48)25-30(15-9-10-18-40)35(50)46-20-16-39(17-21-46)36(51)44-37(52)45-39)42-34(49)32(24-28-11-5-3-6-12-28)43-38(53)47(22-19-41)26-29-13-7-4-8-14-29/h3-8,11-14,27,30-32H,9-10,15-26,40-41H2,1-2H3,(H,42,49)(H,43,53)(H2,44,45,51,52)/t30-,31+,32+/m0/s1. The maximum absolute atomic E-state index is 14.1. The van der Waals surface area contributed by atoms with Gasteiger partial charge in [0.25, 0.3) is 5.91 Å². The van der Waals surface area contributed by atoms with E-state index in [0.29, 0.717) is 38.8 Å². The number of unbranched alkanes of at least 4 members (excludes halogenated alkanes) is 1. The zero-order valence-corrected chi connectivity index (χ0v) is 31.0. The lowest BCUT2D eigenvalue weighted by atomic mass is 9.85. The minimum absolute atomic E-state index is 0.0368. The van der Waals surface area contributed by atoms with E-state index < -0.39 is 41.5 Å². The molecule has 2 aromatic carbocycles. The molecule has 1 spiro atoms. The van der Waals surface area contributed by atoms with Crippen molar-refractivity contribution in [1.29, 1.82) is 0 Å². The van der Waals surface area contributed by atoms with Gasteiger partial charge in [0, 0.05) is 51.5 Å². The molecule has 8 N–H and O–H groups in total. The van der Waals surface area contributed by atoms with Crippen molar-refractivity contribution in [3.8, 4) is 0 Å². The molecule has 2 aromatic rings. The third-order valence-electron chi connectivity index (χ3n) is 9.96. The number of hydrogen-bond acceptors (Lipinski definition) is 8. The van der Waals surface area contributed by atoms with Gasteiger partial charge in [0.05, 0.1) is 6.04 Å². The van der Waals surface area contributed by atoms with E-state index in [9.17, 15) is 28.8 Å². The Balaban J connectivity index is 1.49. The van der Waals surface area contributed by atoms with Crippen LogP contribution in [0.3, 0.4) is 0 Å². The Hall–Kier alpha value is -4.82. The van der Waals surface area contributed by atoms with Gasteiger partial charge in [-0.25, -0.2) is 9.59 Å². The number of rotatable bonds is 19. The van der Waals surface area contributed by atoms with E-state index in [1.54, 1.807) is 9.80 Å². The number of nitrogens with one attached hydrogen (secondary N) is 4. The van der Waals surface area contributed by atoms with E-state index in [1.165, 1.54) is 0 Å². The molecule has 0 aromatic heterocycles. The average Bonchev–Trinajstić information content (AvgIpc) is 3.41. The number of likely N-dealkylation sites (tertiary alicyclic amines) is 1. The van der Waals surface area contributed by atoms with Crippen LogP contribution in [0.5, 0.6) is 0 Å². The van der Waals surface area contributed by atoms with Crippen LogP contribution in [0.2, 0.25) is 0 Å². The molecule has 2 aliphatic rings. The Kier molecular flexibility index (Phi) is 15.3. The van der Waals surface area contributed by atoms with Crippen molar-refractivity contribution in [3.63, 3.8) is 0 Å². The number of urea groups is 2. The van der Waals surface area contributed by atoms with E-state index in [2.05, 4.69) is 21.3 Å². The first-order valence-electron chi connectivity index (χ1n) is 18.7. The van der Waals surface area contributed by atoms with Crippen LogP contribution in [0.25, 0.3) is 0 Å². The first-order chi connectivity index (χ1) is 25.4. The molecule has 2 saturated heterocycles. The number of benzene rings is 2. The summed E-state index contributed by atoms with van der Waals surface area (Å²) >= 11 is 0. The van der Waals surface area contributed by atoms with Crippen molar-refractivity contribution in [1.82, 2.24) is 31.1 Å². The molecular formula is C39H56N8O6. The van der Waals surface area contributed by atoms with Crippen molar-refractivity contribution in [2.45, 2.75) is 89.4 Å². The SMILES string of the molecule is CC(C)C[C@@H](NC(=O)[C@@H](Cc1ccccc1)NC(=O)N(CCN)Cc1ccccc1)C(=O)C[C@H](CCCCN)C(=O)N1CCC2(CC1)NC(=O)NC2=O. The van der Waals surface area contributed by atoms with Gasteiger partial charge in [-0.3, -0.25) is 24.5 Å². The average molecular weight is 733 g/mol. The van der Waals surface area contributed by atoms with Gasteiger partial charge in [-0.05, 0) is 55.7 Å². The molecule has 2 heterocycles. The summed E-state index contributed by atoms with van der Waals surface area (Å²) in [6.07, 6.45) is 2.76. The number of ketones is 1. The fraction of sp³-hybridized carbons (Fsp3) is 0.538. The lowest BCUT2D eigenvalue weighted by Crippen LogP contribution is -2.57. The van der Waals surface area contributed by atoms with Crippen molar-refractivity contribution >= 4 is 35.6 Å². The number of carbonyl (C=O) groups excluding carboxylic acids is 6. The summed E-state index contributed by atoms with van der Waals surface area (Å²) in [7, 11) is 0. The quantitative estimate of drug-likeness (QED) is 0.0930. The summed E-state index contributed by atoms with van der Waals surface area (Å²) in [6.45, 7) is 5.68. The third kappa shape index (κ3) is 11.8. The zero-order valence-electron chi connectivity index (χ0n) is 31.0. The van der Waals surface area contributed by atoms with Crippen LogP contribution in [0, 0.1) is 11.8 Å². The second-order valence-electron chi connectivity index (χ2n) is 14.5. The second kappa shape index (κ2) is 19.9. The van der Waals surface area contributed by atoms with Gasteiger partial charge in [0.15, 0.2) is 5.78 Å². The number of nitrogens with two attached hydrogens (primary N) is 2. The molecular weight excluding hydrogens is 676 g/mol. The van der Waals surface area contributed by atoms with Crippen LogP contribution in [0.1, 0.15) is 69.9 Å². The van der Waals surface area contributed by atoms with E-state index >= 15 is 0 Å². The van der Waals surface area contributed by atoms with Crippen LogP contribution in [-0.4, -0.2) is 95.7 Å². The molecule has 288 valence electrons. The van der Waals surface area contributed by atoms with E-state index in [4.69, 9.17) is 11.5 Å². The molecule has 2 aliphatic heterocycles. The van der Waals surface area contributed by atoms with Crippen LogP contribution < -0.4 is 32.7 Å². The maximum Gasteiger partial charge on any atom is 0.322 e. The number of amides is 7. The Morgan fingerprint density at radius 3 is 2.08 bits per heavy atom. The molecule has 53 heavy (non-hydrogen) atoms. The number of imide groups is 1. The molecule has 14 heteroatoms. The fourth-order valence-electron chi connectivity index (χ4n) is 7.01. The second-order valence-corrected chi connectivity index (χ2v) is 14.5. The summed E-state index contributed by atoms with van der Waals surface area (Å²) in [5, 5.41) is 10.9. The molecule has 0 bridgehead atoms.